The summed E-state index contributed by atoms with van der Waals surface area (Å²) < 4.78 is 0. The van der Waals surface area contributed by atoms with Crippen LogP contribution in [0, 0.1) is 10.1 Å². The van der Waals surface area contributed by atoms with E-state index >= 15 is 0 Å². The molecule has 1 heterocycles. The van der Waals surface area contributed by atoms with Crippen molar-refractivity contribution in [2.45, 2.75) is 19.3 Å². The van der Waals surface area contributed by atoms with Gasteiger partial charge in [-0.05, 0) is 30.9 Å². The average molecular weight is 297 g/mol. The number of nitro groups is 1. The lowest BCUT2D eigenvalue weighted by atomic mass is 10.1. The van der Waals surface area contributed by atoms with E-state index in [1.165, 1.54) is 6.07 Å². The smallest absolute Gasteiger partial charge is 0.270 e. The first-order valence-electron chi connectivity index (χ1n) is 5.52. The third-order valence-corrected chi connectivity index (χ3v) is 3.35. The number of nitro benzene ring substituents is 1. The molecule has 90 valence electrons. The van der Waals surface area contributed by atoms with E-state index < -0.39 is 0 Å². The summed E-state index contributed by atoms with van der Waals surface area (Å²) in [5.41, 5.74) is 2.27. The number of H-pyrrole nitrogens is 1. The highest BCUT2D eigenvalue weighted by Gasteiger charge is 2.09. The SMILES string of the molecule is O=[N+]([O-])c1ccc2[nH]cc(CCCCBr)c2c1. The summed E-state index contributed by atoms with van der Waals surface area (Å²) in [6.45, 7) is 0. The molecule has 1 aromatic heterocycles. The Labute approximate surface area is 107 Å². The molecule has 0 bridgehead atoms. The van der Waals surface area contributed by atoms with Gasteiger partial charge in [0.15, 0.2) is 0 Å². The van der Waals surface area contributed by atoms with Crippen LogP contribution in [-0.4, -0.2) is 15.2 Å². The molecular weight excluding hydrogens is 284 g/mol. The lowest BCUT2D eigenvalue weighted by molar-refractivity contribution is -0.384. The highest BCUT2D eigenvalue weighted by Crippen LogP contribution is 2.24. The Bertz CT molecular complexity index is 536. The second-order valence-corrected chi connectivity index (χ2v) is 4.74. The van der Waals surface area contributed by atoms with E-state index in [1.807, 2.05) is 6.20 Å². The molecule has 0 amide bonds. The Balaban J connectivity index is 2.30. The first-order valence-corrected chi connectivity index (χ1v) is 6.65. The Morgan fingerprint density at radius 1 is 1.35 bits per heavy atom. The highest BCUT2D eigenvalue weighted by molar-refractivity contribution is 9.09. The topological polar surface area (TPSA) is 58.9 Å². The van der Waals surface area contributed by atoms with Crippen LogP contribution in [0.25, 0.3) is 10.9 Å². The number of aromatic amines is 1. The van der Waals surface area contributed by atoms with Crippen molar-refractivity contribution in [1.29, 1.82) is 0 Å². The molecule has 17 heavy (non-hydrogen) atoms. The molecule has 0 saturated carbocycles. The zero-order chi connectivity index (χ0) is 12.3. The standard InChI is InChI=1S/C12H13BrN2O2/c13-6-2-1-3-9-8-14-12-5-4-10(15(16)17)7-11(9)12/h4-5,7-8,14H,1-3,6H2. The number of alkyl halides is 1. The van der Waals surface area contributed by atoms with Gasteiger partial charge in [0.1, 0.15) is 0 Å². The van der Waals surface area contributed by atoms with Crippen LogP contribution in [0.4, 0.5) is 5.69 Å². The van der Waals surface area contributed by atoms with Gasteiger partial charge in [-0.2, -0.15) is 0 Å². The van der Waals surface area contributed by atoms with Crippen LogP contribution in [0.1, 0.15) is 18.4 Å². The monoisotopic (exact) mass is 296 g/mol. The molecule has 0 aliphatic carbocycles. The molecule has 4 nitrogen and oxygen atoms in total. The number of unbranched alkanes of at least 4 members (excludes halogenated alkanes) is 1. The number of aromatic nitrogens is 1. The summed E-state index contributed by atoms with van der Waals surface area (Å²) in [6.07, 6.45) is 5.10. The van der Waals surface area contributed by atoms with Crippen LogP contribution in [0.5, 0.6) is 0 Å². The van der Waals surface area contributed by atoms with Crippen LogP contribution in [-0.2, 0) is 6.42 Å². The molecule has 0 saturated heterocycles. The number of non-ortho nitro benzene ring substituents is 1. The van der Waals surface area contributed by atoms with Crippen LogP contribution in [0.15, 0.2) is 24.4 Å². The summed E-state index contributed by atoms with van der Waals surface area (Å²) in [4.78, 5) is 13.5. The number of hydrogen-bond acceptors (Lipinski definition) is 2. The fraction of sp³-hybridized carbons (Fsp3) is 0.333. The van der Waals surface area contributed by atoms with Gasteiger partial charge in [0, 0.05) is 34.6 Å². The van der Waals surface area contributed by atoms with Gasteiger partial charge in [-0.3, -0.25) is 10.1 Å². The number of aryl methyl sites for hydroxylation is 1. The Morgan fingerprint density at radius 2 is 2.18 bits per heavy atom. The number of halogens is 1. The summed E-state index contributed by atoms with van der Waals surface area (Å²) in [6, 6.07) is 4.94. The minimum atomic E-state index is -0.352. The molecule has 0 atom stereocenters. The van der Waals surface area contributed by atoms with E-state index in [4.69, 9.17) is 0 Å². The van der Waals surface area contributed by atoms with E-state index in [1.54, 1.807) is 12.1 Å². The number of nitrogens with one attached hydrogen (secondary N) is 1. The number of hydrogen-bond donors (Lipinski definition) is 1. The van der Waals surface area contributed by atoms with E-state index in [2.05, 4.69) is 20.9 Å². The Morgan fingerprint density at radius 3 is 2.88 bits per heavy atom. The van der Waals surface area contributed by atoms with Crippen molar-refractivity contribution < 1.29 is 4.92 Å². The van der Waals surface area contributed by atoms with Gasteiger partial charge in [0.2, 0.25) is 0 Å². The zero-order valence-electron chi connectivity index (χ0n) is 9.28. The molecular formula is C12H13BrN2O2. The third kappa shape index (κ3) is 2.66. The summed E-state index contributed by atoms with van der Waals surface area (Å²) in [5, 5.41) is 12.7. The van der Waals surface area contributed by atoms with Gasteiger partial charge < -0.3 is 4.98 Å². The van der Waals surface area contributed by atoms with Gasteiger partial charge in [-0.1, -0.05) is 15.9 Å². The van der Waals surface area contributed by atoms with Crippen LogP contribution in [0.3, 0.4) is 0 Å². The third-order valence-electron chi connectivity index (χ3n) is 2.79. The van der Waals surface area contributed by atoms with Crippen LogP contribution < -0.4 is 0 Å². The molecule has 2 aromatic rings. The number of rotatable bonds is 5. The molecule has 0 spiro atoms. The molecule has 0 fully saturated rings. The Hall–Kier alpha value is -1.36. The van der Waals surface area contributed by atoms with Crippen molar-refractivity contribution in [3.63, 3.8) is 0 Å². The molecule has 1 N–H and O–H groups in total. The van der Waals surface area contributed by atoms with Crippen molar-refractivity contribution in [3.8, 4) is 0 Å². The zero-order valence-corrected chi connectivity index (χ0v) is 10.9. The lowest BCUT2D eigenvalue weighted by Gasteiger charge is -1.98. The van der Waals surface area contributed by atoms with Gasteiger partial charge in [0.25, 0.3) is 5.69 Å². The molecule has 5 heteroatoms. The predicted octanol–water partition coefficient (Wildman–Crippen LogP) is 3.79. The maximum atomic E-state index is 10.7. The maximum absolute atomic E-state index is 10.7. The predicted molar refractivity (Wildman–Crippen MR) is 71.7 cm³/mol. The normalized spacial score (nSPS) is 10.9. The molecule has 0 unspecified atom stereocenters. The van der Waals surface area contributed by atoms with E-state index in [0.29, 0.717) is 0 Å². The average Bonchev–Trinajstić information content (AvgIpc) is 2.72. The van der Waals surface area contributed by atoms with Crippen molar-refractivity contribution in [3.05, 3.63) is 40.1 Å². The van der Waals surface area contributed by atoms with Gasteiger partial charge in [-0.25, -0.2) is 0 Å². The van der Waals surface area contributed by atoms with Crippen molar-refractivity contribution >= 4 is 32.5 Å². The van der Waals surface area contributed by atoms with Gasteiger partial charge >= 0.3 is 0 Å². The number of nitrogens with zero attached hydrogens (tertiary/aromatic N) is 1. The highest BCUT2D eigenvalue weighted by atomic mass is 79.9. The first kappa shape index (κ1) is 12.1. The fourth-order valence-corrected chi connectivity index (χ4v) is 2.29. The summed E-state index contributed by atoms with van der Waals surface area (Å²) in [5.74, 6) is 0. The minimum Gasteiger partial charge on any atom is -0.361 e. The van der Waals surface area contributed by atoms with Gasteiger partial charge in [-0.15, -0.1) is 0 Å². The Kier molecular flexibility index (Phi) is 3.78. The molecule has 2 rings (SSSR count). The summed E-state index contributed by atoms with van der Waals surface area (Å²) in [7, 11) is 0. The molecule has 1 aromatic carbocycles. The van der Waals surface area contributed by atoms with Crippen LogP contribution in [0.2, 0.25) is 0 Å². The quantitative estimate of drug-likeness (QED) is 0.395. The maximum Gasteiger partial charge on any atom is 0.270 e. The van der Waals surface area contributed by atoms with E-state index in [0.717, 1.165) is 41.1 Å². The van der Waals surface area contributed by atoms with Gasteiger partial charge in [0.05, 0.1) is 4.92 Å². The number of benzene rings is 1. The first-order chi connectivity index (χ1) is 8.22. The van der Waals surface area contributed by atoms with E-state index in [-0.39, 0.29) is 10.6 Å². The van der Waals surface area contributed by atoms with Crippen molar-refractivity contribution in [2.75, 3.05) is 5.33 Å². The molecule has 0 radical (unpaired) electrons. The van der Waals surface area contributed by atoms with Crippen LogP contribution >= 0.6 is 15.9 Å². The lowest BCUT2D eigenvalue weighted by Crippen LogP contribution is -1.88. The second-order valence-electron chi connectivity index (χ2n) is 3.95. The second kappa shape index (κ2) is 5.31. The summed E-state index contributed by atoms with van der Waals surface area (Å²) >= 11 is 3.40. The van der Waals surface area contributed by atoms with Crippen molar-refractivity contribution in [1.82, 2.24) is 4.98 Å². The number of fused-ring (bicyclic) bond motifs is 1. The minimum absolute atomic E-state index is 0.152. The largest absolute Gasteiger partial charge is 0.361 e. The fourth-order valence-electron chi connectivity index (χ4n) is 1.90. The molecule has 0 aliphatic rings. The van der Waals surface area contributed by atoms with E-state index in [9.17, 15) is 10.1 Å². The molecule has 0 aliphatic heterocycles. The van der Waals surface area contributed by atoms with Crippen molar-refractivity contribution in [2.24, 2.45) is 0 Å².